The van der Waals surface area contributed by atoms with Crippen LogP contribution in [0.1, 0.15) is 323 Å². The average Bonchev–Trinajstić information content (AvgIpc) is 3.29. The summed E-state index contributed by atoms with van der Waals surface area (Å²) in [4.78, 5) is 38.0. The molecule has 0 fully saturated rings. The van der Waals surface area contributed by atoms with Crippen LogP contribution in [0.25, 0.3) is 0 Å². The molecule has 6 heteroatoms. The van der Waals surface area contributed by atoms with E-state index in [0.717, 1.165) is 64.2 Å². The zero-order valence-electron chi connectivity index (χ0n) is 43.3. The minimum absolute atomic E-state index is 0.0667. The molecule has 0 aliphatic carbocycles. The van der Waals surface area contributed by atoms with Gasteiger partial charge in [0.2, 0.25) is 0 Å². The molecule has 0 N–H and O–H groups in total. The number of unbranched alkanes of at least 4 members (excludes halogenated alkanes) is 40. The van der Waals surface area contributed by atoms with Crippen molar-refractivity contribution in [2.75, 3.05) is 13.2 Å². The van der Waals surface area contributed by atoms with Gasteiger partial charge >= 0.3 is 17.9 Å². The Morgan fingerprint density at radius 1 is 0.297 bits per heavy atom. The summed E-state index contributed by atoms with van der Waals surface area (Å²) in [7, 11) is 0. The Morgan fingerprint density at radius 3 is 0.828 bits per heavy atom. The van der Waals surface area contributed by atoms with Crippen LogP contribution in [0.5, 0.6) is 0 Å². The van der Waals surface area contributed by atoms with Gasteiger partial charge in [-0.2, -0.15) is 0 Å². The first-order valence-electron chi connectivity index (χ1n) is 28.7. The second-order valence-electron chi connectivity index (χ2n) is 19.6. The second-order valence-corrected chi connectivity index (χ2v) is 19.6. The van der Waals surface area contributed by atoms with Crippen molar-refractivity contribution in [2.45, 2.75) is 329 Å². The van der Waals surface area contributed by atoms with Gasteiger partial charge in [0.15, 0.2) is 6.10 Å². The number of ether oxygens (including phenoxy) is 3. The van der Waals surface area contributed by atoms with Gasteiger partial charge in [0, 0.05) is 19.3 Å². The normalized spacial score (nSPS) is 12.0. The van der Waals surface area contributed by atoms with Crippen molar-refractivity contribution in [1.82, 2.24) is 0 Å². The maximum Gasteiger partial charge on any atom is 0.306 e. The SMILES string of the molecule is CCCC/C=C\CCCCCCCC(=O)OCC(COC(=O)CCCCCCCCCCCCCCCCCCCCCCC)OC(=O)CCCCCCCCCCCCCCCC. The lowest BCUT2D eigenvalue weighted by molar-refractivity contribution is -0.167. The third kappa shape index (κ3) is 51.1. The van der Waals surface area contributed by atoms with Crippen LogP contribution in [0.15, 0.2) is 12.2 Å². The number of allylic oxidation sites excluding steroid dienone is 2. The molecule has 0 spiro atoms. The first kappa shape index (κ1) is 62.1. The van der Waals surface area contributed by atoms with Crippen molar-refractivity contribution in [1.29, 1.82) is 0 Å². The van der Waals surface area contributed by atoms with Crippen LogP contribution < -0.4 is 0 Å². The molecule has 1 atom stereocenters. The number of hydrogen-bond donors (Lipinski definition) is 0. The number of rotatable bonds is 53. The first-order valence-corrected chi connectivity index (χ1v) is 28.7. The summed E-state index contributed by atoms with van der Waals surface area (Å²) in [5, 5.41) is 0. The summed E-state index contributed by atoms with van der Waals surface area (Å²) in [5.41, 5.74) is 0. The van der Waals surface area contributed by atoms with Crippen molar-refractivity contribution in [2.24, 2.45) is 0 Å². The molecule has 378 valence electrons. The number of carbonyl (C=O) groups excluding carboxylic acids is 3. The molecule has 0 heterocycles. The Bertz CT molecular complexity index is 993. The second kappa shape index (κ2) is 53.8. The largest absolute Gasteiger partial charge is 0.462 e. The molecule has 64 heavy (non-hydrogen) atoms. The Labute approximate surface area is 399 Å². The van der Waals surface area contributed by atoms with Gasteiger partial charge in [0.25, 0.3) is 0 Å². The average molecular weight is 904 g/mol. The maximum atomic E-state index is 12.8. The fourth-order valence-electron chi connectivity index (χ4n) is 8.66. The highest BCUT2D eigenvalue weighted by molar-refractivity contribution is 5.71. The van der Waals surface area contributed by atoms with Gasteiger partial charge < -0.3 is 14.2 Å². The Balaban J connectivity index is 4.22. The summed E-state index contributed by atoms with van der Waals surface area (Å²) in [6.45, 7) is 6.65. The van der Waals surface area contributed by atoms with Gasteiger partial charge in [0.05, 0.1) is 0 Å². The molecule has 0 aliphatic heterocycles. The van der Waals surface area contributed by atoms with Crippen LogP contribution in [0.2, 0.25) is 0 Å². The van der Waals surface area contributed by atoms with Crippen LogP contribution in [0.3, 0.4) is 0 Å². The lowest BCUT2D eigenvalue weighted by Gasteiger charge is -2.18. The number of carbonyl (C=O) groups is 3. The van der Waals surface area contributed by atoms with E-state index in [4.69, 9.17) is 14.2 Å². The van der Waals surface area contributed by atoms with Gasteiger partial charge in [-0.3, -0.25) is 14.4 Å². The summed E-state index contributed by atoms with van der Waals surface area (Å²) in [6.07, 6.45) is 60.7. The molecule has 1 unspecified atom stereocenters. The fraction of sp³-hybridized carbons (Fsp3) is 0.914. The Kier molecular flexibility index (Phi) is 52.2. The first-order chi connectivity index (χ1) is 31.5. The van der Waals surface area contributed by atoms with E-state index in [0.29, 0.717) is 19.3 Å². The van der Waals surface area contributed by atoms with Crippen molar-refractivity contribution in [3.05, 3.63) is 12.2 Å². The van der Waals surface area contributed by atoms with Crippen LogP contribution in [-0.2, 0) is 28.6 Å². The van der Waals surface area contributed by atoms with Gasteiger partial charge in [-0.05, 0) is 38.5 Å². The topological polar surface area (TPSA) is 78.9 Å². The lowest BCUT2D eigenvalue weighted by atomic mass is 10.0. The molecule has 6 nitrogen and oxygen atoms in total. The van der Waals surface area contributed by atoms with Crippen molar-refractivity contribution in [3.8, 4) is 0 Å². The third-order valence-corrected chi connectivity index (χ3v) is 13.0. The van der Waals surface area contributed by atoms with Gasteiger partial charge in [-0.15, -0.1) is 0 Å². The highest BCUT2D eigenvalue weighted by Gasteiger charge is 2.19. The van der Waals surface area contributed by atoms with Gasteiger partial charge in [-0.25, -0.2) is 0 Å². The molecule has 0 bridgehead atoms. The molecule has 0 aromatic heterocycles. The van der Waals surface area contributed by atoms with E-state index < -0.39 is 6.10 Å². The number of esters is 3. The van der Waals surface area contributed by atoms with Gasteiger partial charge in [-0.1, -0.05) is 277 Å². The van der Waals surface area contributed by atoms with E-state index in [-0.39, 0.29) is 31.1 Å². The zero-order chi connectivity index (χ0) is 46.5. The van der Waals surface area contributed by atoms with Crippen molar-refractivity contribution in [3.63, 3.8) is 0 Å². The predicted octanol–water partition coefficient (Wildman–Crippen LogP) is 18.9. The summed E-state index contributed by atoms with van der Waals surface area (Å²) < 4.78 is 16.8. The molecule has 0 rings (SSSR count). The smallest absolute Gasteiger partial charge is 0.306 e. The predicted molar refractivity (Wildman–Crippen MR) is 275 cm³/mol. The monoisotopic (exact) mass is 903 g/mol. The standard InChI is InChI=1S/C58H110O6/c1-4-7-10-13-16-19-22-24-26-27-28-29-30-31-32-34-36-39-42-45-48-51-57(60)63-54-55(53-62-56(59)50-47-44-41-38-35-21-18-15-12-9-6-3)64-58(61)52-49-46-43-40-37-33-25-23-20-17-14-11-8-5-2/h15,18,55H,4-14,16-17,19-54H2,1-3H3/b18-15-. The molecule has 0 radical (unpaired) electrons. The van der Waals surface area contributed by atoms with Crippen molar-refractivity contribution < 1.29 is 28.6 Å². The molecule has 0 amide bonds. The lowest BCUT2D eigenvalue weighted by Crippen LogP contribution is -2.30. The van der Waals surface area contributed by atoms with Crippen molar-refractivity contribution >= 4 is 17.9 Å². The highest BCUT2D eigenvalue weighted by Crippen LogP contribution is 2.17. The summed E-state index contributed by atoms with van der Waals surface area (Å²) in [5.74, 6) is -0.855. The van der Waals surface area contributed by atoms with Crippen LogP contribution in [0.4, 0.5) is 0 Å². The third-order valence-electron chi connectivity index (χ3n) is 13.0. The maximum absolute atomic E-state index is 12.8. The summed E-state index contributed by atoms with van der Waals surface area (Å²) >= 11 is 0. The molecule has 0 aromatic carbocycles. The zero-order valence-corrected chi connectivity index (χ0v) is 43.3. The number of hydrogen-bond acceptors (Lipinski definition) is 6. The quantitative estimate of drug-likeness (QED) is 0.0262. The minimum atomic E-state index is -0.767. The van der Waals surface area contributed by atoms with E-state index in [1.54, 1.807) is 0 Å². The van der Waals surface area contributed by atoms with E-state index in [2.05, 4.69) is 32.9 Å². The van der Waals surface area contributed by atoms with Gasteiger partial charge in [0.1, 0.15) is 13.2 Å². The Morgan fingerprint density at radius 2 is 0.531 bits per heavy atom. The van der Waals surface area contributed by atoms with Crippen LogP contribution >= 0.6 is 0 Å². The summed E-state index contributed by atoms with van der Waals surface area (Å²) in [6, 6.07) is 0. The van der Waals surface area contributed by atoms with Crippen LogP contribution in [0, 0.1) is 0 Å². The van der Waals surface area contributed by atoms with E-state index in [1.807, 2.05) is 0 Å². The van der Waals surface area contributed by atoms with E-state index >= 15 is 0 Å². The molecular weight excluding hydrogens is 793 g/mol. The molecular formula is C58H110O6. The molecule has 0 aliphatic rings. The van der Waals surface area contributed by atoms with E-state index in [1.165, 1.54) is 218 Å². The molecule has 0 saturated carbocycles. The van der Waals surface area contributed by atoms with E-state index in [9.17, 15) is 14.4 Å². The highest BCUT2D eigenvalue weighted by atomic mass is 16.6. The van der Waals surface area contributed by atoms with Crippen LogP contribution in [-0.4, -0.2) is 37.2 Å². The fourth-order valence-corrected chi connectivity index (χ4v) is 8.66. The molecule has 0 saturated heterocycles. The Hall–Kier alpha value is -1.85. The molecule has 0 aromatic rings. The minimum Gasteiger partial charge on any atom is -0.462 e.